The van der Waals surface area contributed by atoms with Gasteiger partial charge in [0.2, 0.25) is 11.8 Å². The Morgan fingerprint density at radius 3 is 2.68 bits per heavy atom. The van der Waals surface area contributed by atoms with Crippen LogP contribution in [0.25, 0.3) is 0 Å². The van der Waals surface area contributed by atoms with Crippen molar-refractivity contribution in [1.29, 1.82) is 0 Å². The fourth-order valence-electron chi connectivity index (χ4n) is 2.32. The zero-order chi connectivity index (χ0) is 15.6. The number of aromatic nitrogens is 2. The molecule has 2 aromatic rings. The Morgan fingerprint density at radius 2 is 2.00 bits per heavy atom. The number of alkyl halides is 2. The van der Waals surface area contributed by atoms with Crippen LogP contribution in [0.1, 0.15) is 6.42 Å². The summed E-state index contributed by atoms with van der Waals surface area (Å²) in [6.07, 6.45) is -1.31. The van der Waals surface area contributed by atoms with E-state index in [1.54, 1.807) is 18.2 Å². The number of β-amino-alcohol motifs (C(OH)–C–C–N with tert-alkyl or cyclic N) is 1. The molecule has 0 radical (unpaired) electrons. The second-order valence-electron chi connectivity index (χ2n) is 5.19. The van der Waals surface area contributed by atoms with Crippen LogP contribution in [0.15, 0.2) is 42.6 Å². The van der Waals surface area contributed by atoms with Crippen molar-refractivity contribution >= 4 is 5.95 Å². The summed E-state index contributed by atoms with van der Waals surface area (Å²) in [6, 6.07) is 10.7. The molecule has 0 spiro atoms. The van der Waals surface area contributed by atoms with Gasteiger partial charge < -0.3 is 14.7 Å². The first-order chi connectivity index (χ1) is 10.6. The zero-order valence-corrected chi connectivity index (χ0v) is 11.7. The van der Waals surface area contributed by atoms with Crippen LogP contribution in [0.4, 0.5) is 14.7 Å². The van der Waals surface area contributed by atoms with Crippen LogP contribution in [0, 0.1) is 0 Å². The second kappa shape index (κ2) is 5.84. The summed E-state index contributed by atoms with van der Waals surface area (Å²) < 4.78 is 31.3. The fraction of sp³-hybridized carbons (Fsp3) is 0.333. The van der Waals surface area contributed by atoms with Gasteiger partial charge in [0.05, 0.1) is 6.54 Å². The van der Waals surface area contributed by atoms with Crippen LogP contribution >= 0.6 is 0 Å². The van der Waals surface area contributed by atoms with Gasteiger partial charge in [-0.1, -0.05) is 18.2 Å². The fourth-order valence-corrected chi connectivity index (χ4v) is 2.32. The maximum absolute atomic E-state index is 12.8. The molecule has 7 heteroatoms. The highest BCUT2D eigenvalue weighted by Crippen LogP contribution is 2.30. The monoisotopic (exact) mass is 307 g/mol. The van der Waals surface area contributed by atoms with E-state index in [4.69, 9.17) is 4.74 Å². The molecule has 1 aliphatic heterocycles. The maximum atomic E-state index is 12.8. The lowest BCUT2D eigenvalue weighted by Crippen LogP contribution is -2.40. The van der Waals surface area contributed by atoms with Gasteiger partial charge in [0.25, 0.3) is 6.43 Å². The quantitative estimate of drug-likeness (QED) is 0.940. The van der Waals surface area contributed by atoms with E-state index >= 15 is 0 Å². The average molecular weight is 307 g/mol. The van der Waals surface area contributed by atoms with Gasteiger partial charge in [-0.15, -0.1) is 0 Å². The molecule has 1 aliphatic rings. The van der Waals surface area contributed by atoms with E-state index < -0.39 is 12.0 Å². The molecule has 1 atom stereocenters. The molecule has 116 valence electrons. The lowest BCUT2D eigenvalue weighted by atomic mass is 10.1. The summed E-state index contributed by atoms with van der Waals surface area (Å²) in [5.74, 6) is 1.21. The summed E-state index contributed by atoms with van der Waals surface area (Å²) in [5.41, 5.74) is -2.00. The Balaban J connectivity index is 1.75. The predicted octanol–water partition coefficient (Wildman–Crippen LogP) is 2.48. The van der Waals surface area contributed by atoms with Crippen LogP contribution in [-0.4, -0.2) is 40.2 Å². The normalized spacial score (nSPS) is 21.4. The van der Waals surface area contributed by atoms with Crippen molar-refractivity contribution in [1.82, 2.24) is 9.97 Å². The molecule has 1 unspecified atom stereocenters. The van der Waals surface area contributed by atoms with E-state index in [9.17, 15) is 13.9 Å². The molecule has 22 heavy (non-hydrogen) atoms. The lowest BCUT2D eigenvalue weighted by molar-refractivity contribution is -0.0801. The smallest absolute Gasteiger partial charge is 0.268 e. The van der Waals surface area contributed by atoms with Crippen molar-refractivity contribution in [3.8, 4) is 11.6 Å². The molecule has 1 aromatic carbocycles. The number of para-hydroxylation sites is 1. The summed E-state index contributed by atoms with van der Waals surface area (Å²) >= 11 is 0. The standard InChI is InChI=1S/C15H15F2N3O2/c16-13(17)15(21)7-9-20(10-15)14-18-8-6-12(19-14)22-11-4-2-1-3-5-11/h1-6,8,13,21H,7,9-10H2. The third kappa shape index (κ3) is 2.99. The number of hydrogen-bond donors (Lipinski definition) is 1. The van der Waals surface area contributed by atoms with Crippen LogP contribution in [0.5, 0.6) is 11.6 Å². The third-order valence-corrected chi connectivity index (χ3v) is 3.55. The van der Waals surface area contributed by atoms with Gasteiger partial charge in [0.15, 0.2) is 0 Å². The number of halogens is 2. The minimum Gasteiger partial charge on any atom is -0.439 e. The Hall–Kier alpha value is -2.28. The van der Waals surface area contributed by atoms with Crippen molar-refractivity contribution in [2.45, 2.75) is 18.4 Å². The molecule has 1 N–H and O–H groups in total. The Bertz CT molecular complexity index is 642. The number of ether oxygens (including phenoxy) is 1. The number of nitrogens with zero attached hydrogens (tertiary/aromatic N) is 3. The number of rotatable bonds is 4. The summed E-state index contributed by atoms with van der Waals surface area (Å²) in [5, 5.41) is 9.83. The summed E-state index contributed by atoms with van der Waals surface area (Å²) in [7, 11) is 0. The van der Waals surface area contributed by atoms with Gasteiger partial charge in [0.1, 0.15) is 11.4 Å². The topological polar surface area (TPSA) is 58.5 Å². The van der Waals surface area contributed by atoms with Crippen molar-refractivity contribution < 1.29 is 18.6 Å². The van der Waals surface area contributed by atoms with Gasteiger partial charge in [-0.2, -0.15) is 4.98 Å². The Kier molecular flexibility index (Phi) is 3.89. The molecule has 0 aliphatic carbocycles. The predicted molar refractivity (Wildman–Crippen MR) is 76.3 cm³/mol. The van der Waals surface area contributed by atoms with Gasteiger partial charge >= 0.3 is 0 Å². The highest BCUT2D eigenvalue weighted by molar-refractivity contribution is 5.36. The number of hydrogen-bond acceptors (Lipinski definition) is 5. The van der Waals surface area contributed by atoms with Gasteiger partial charge in [-0.25, -0.2) is 13.8 Å². The Labute approximate surface area is 126 Å². The van der Waals surface area contributed by atoms with Crippen LogP contribution in [-0.2, 0) is 0 Å². The largest absolute Gasteiger partial charge is 0.439 e. The zero-order valence-electron chi connectivity index (χ0n) is 11.7. The van der Waals surface area contributed by atoms with Gasteiger partial charge in [-0.3, -0.25) is 0 Å². The molecular formula is C15H15F2N3O2. The maximum Gasteiger partial charge on any atom is 0.268 e. The van der Waals surface area contributed by atoms with Crippen molar-refractivity contribution in [3.05, 3.63) is 42.6 Å². The molecule has 1 fully saturated rings. The molecule has 1 saturated heterocycles. The van der Waals surface area contributed by atoms with Crippen LogP contribution in [0.3, 0.4) is 0 Å². The first-order valence-electron chi connectivity index (χ1n) is 6.88. The van der Waals surface area contributed by atoms with E-state index in [0.29, 0.717) is 11.6 Å². The summed E-state index contributed by atoms with van der Waals surface area (Å²) in [4.78, 5) is 9.81. The Morgan fingerprint density at radius 1 is 1.23 bits per heavy atom. The molecule has 0 amide bonds. The second-order valence-corrected chi connectivity index (χ2v) is 5.19. The van der Waals surface area contributed by atoms with E-state index in [-0.39, 0.29) is 25.5 Å². The molecule has 2 heterocycles. The van der Waals surface area contributed by atoms with E-state index in [1.807, 2.05) is 18.2 Å². The van der Waals surface area contributed by atoms with Crippen molar-refractivity contribution in [2.75, 3.05) is 18.0 Å². The summed E-state index contributed by atoms with van der Waals surface area (Å²) in [6.45, 7) is 0.0785. The van der Waals surface area contributed by atoms with Gasteiger partial charge in [0, 0.05) is 25.2 Å². The SMILES string of the molecule is OC1(C(F)F)CCN(c2nccc(Oc3ccccc3)n2)C1. The van der Waals surface area contributed by atoms with Crippen LogP contribution < -0.4 is 9.64 Å². The molecule has 3 rings (SSSR count). The third-order valence-electron chi connectivity index (χ3n) is 3.55. The number of benzene rings is 1. The number of aliphatic hydroxyl groups is 1. The lowest BCUT2D eigenvalue weighted by Gasteiger charge is -2.22. The molecular weight excluding hydrogens is 292 g/mol. The average Bonchev–Trinajstić information content (AvgIpc) is 2.93. The molecule has 0 bridgehead atoms. The van der Waals surface area contributed by atoms with Gasteiger partial charge in [-0.05, 0) is 12.1 Å². The first kappa shape index (κ1) is 14.6. The highest BCUT2D eigenvalue weighted by Gasteiger charge is 2.44. The highest BCUT2D eigenvalue weighted by atomic mass is 19.3. The van der Waals surface area contributed by atoms with E-state index in [1.165, 1.54) is 11.1 Å². The van der Waals surface area contributed by atoms with Crippen molar-refractivity contribution in [2.24, 2.45) is 0 Å². The molecule has 1 aromatic heterocycles. The number of anilines is 1. The minimum atomic E-state index is -2.79. The van der Waals surface area contributed by atoms with Crippen molar-refractivity contribution in [3.63, 3.8) is 0 Å². The van der Waals surface area contributed by atoms with Crippen LogP contribution in [0.2, 0.25) is 0 Å². The van der Waals surface area contributed by atoms with E-state index in [0.717, 1.165) is 0 Å². The minimum absolute atomic E-state index is 0.0161. The molecule has 5 nitrogen and oxygen atoms in total. The van der Waals surface area contributed by atoms with E-state index in [2.05, 4.69) is 9.97 Å². The first-order valence-corrected chi connectivity index (χ1v) is 6.88. The molecule has 0 saturated carbocycles.